The molecule has 0 saturated heterocycles. The van der Waals surface area contributed by atoms with Crippen LogP contribution in [0.15, 0.2) is 52.4 Å². The molecular formula is C24H27N3O4S. The van der Waals surface area contributed by atoms with Crippen LogP contribution in [0, 0.1) is 13.8 Å². The number of hydrogen-bond donors (Lipinski definition) is 1. The SMILES string of the molecule is CCOC(=O)CCCNC(=O)CSc1nc2ccccc2c(=O)n1-c1cccc(C)c1C. The minimum Gasteiger partial charge on any atom is -0.466 e. The number of carbonyl (C=O) groups excluding carboxylic acids is 2. The lowest BCUT2D eigenvalue weighted by molar-refractivity contribution is -0.143. The van der Waals surface area contributed by atoms with E-state index in [0.29, 0.717) is 35.6 Å². The van der Waals surface area contributed by atoms with Crippen molar-refractivity contribution in [3.8, 4) is 5.69 Å². The number of nitrogens with zero attached hydrogens (tertiary/aromatic N) is 2. The number of fused-ring (bicyclic) bond motifs is 1. The van der Waals surface area contributed by atoms with Crippen LogP contribution in [0.3, 0.4) is 0 Å². The summed E-state index contributed by atoms with van der Waals surface area (Å²) in [4.78, 5) is 41.8. The molecule has 0 bridgehead atoms. The van der Waals surface area contributed by atoms with E-state index in [-0.39, 0.29) is 29.6 Å². The number of hydrogen-bond acceptors (Lipinski definition) is 6. The number of amides is 1. The number of benzene rings is 2. The Bertz CT molecular complexity index is 1190. The van der Waals surface area contributed by atoms with Gasteiger partial charge in [0.05, 0.1) is 29.0 Å². The molecule has 0 fully saturated rings. The third-order valence-corrected chi connectivity index (χ3v) is 6.02. The third-order valence-electron chi connectivity index (χ3n) is 5.08. The summed E-state index contributed by atoms with van der Waals surface area (Å²) in [5, 5.41) is 3.79. The van der Waals surface area contributed by atoms with E-state index in [2.05, 4.69) is 10.3 Å². The number of nitrogens with one attached hydrogen (secondary N) is 1. The van der Waals surface area contributed by atoms with Crippen LogP contribution in [0.4, 0.5) is 0 Å². The molecule has 3 rings (SSSR count). The largest absolute Gasteiger partial charge is 0.466 e. The summed E-state index contributed by atoms with van der Waals surface area (Å²) in [7, 11) is 0. The van der Waals surface area contributed by atoms with Crippen LogP contribution in [0.5, 0.6) is 0 Å². The quantitative estimate of drug-likeness (QED) is 0.231. The van der Waals surface area contributed by atoms with Gasteiger partial charge in [0.15, 0.2) is 5.16 Å². The van der Waals surface area contributed by atoms with E-state index in [1.165, 1.54) is 11.8 Å². The van der Waals surface area contributed by atoms with Crippen LogP contribution in [0.1, 0.15) is 30.9 Å². The average Bonchev–Trinajstić information content (AvgIpc) is 2.78. The van der Waals surface area contributed by atoms with Gasteiger partial charge in [0.2, 0.25) is 5.91 Å². The van der Waals surface area contributed by atoms with Gasteiger partial charge in [-0.2, -0.15) is 0 Å². The molecule has 32 heavy (non-hydrogen) atoms. The van der Waals surface area contributed by atoms with Crippen molar-refractivity contribution >= 4 is 34.5 Å². The fourth-order valence-corrected chi connectivity index (χ4v) is 4.11. The molecule has 1 N–H and O–H groups in total. The number of thioether (sulfide) groups is 1. The second-order valence-corrected chi connectivity index (χ2v) is 8.26. The number of rotatable bonds is 9. The fourth-order valence-electron chi connectivity index (χ4n) is 3.27. The highest BCUT2D eigenvalue weighted by Crippen LogP contribution is 2.24. The lowest BCUT2D eigenvalue weighted by atomic mass is 10.1. The summed E-state index contributed by atoms with van der Waals surface area (Å²) in [5.41, 5.74) is 3.23. The summed E-state index contributed by atoms with van der Waals surface area (Å²) in [6.07, 6.45) is 0.774. The lowest BCUT2D eigenvalue weighted by Gasteiger charge is -2.16. The minimum atomic E-state index is -0.269. The minimum absolute atomic E-state index is 0.106. The Labute approximate surface area is 191 Å². The first-order chi connectivity index (χ1) is 15.4. The predicted octanol–water partition coefficient (Wildman–Crippen LogP) is 3.55. The Morgan fingerprint density at radius 1 is 1.12 bits per heavy atom. The maximum absolute atomic E-state index is 13.4. The van der Waals surface area contributed by atoms with E-state index >= 15 is 0 Å². The second-order valence-electron chi connectivity index (χ2n) is 7.32. The molecule has 1 aromatic heterocycles. The first-order valence-corrected chi connectivity index (χ1v) is 11.5. The molecule has 1 heterocycles. The number of esters is 1. The average molecular weight is 454 g/mol. The van der Waals surface area contributed by atoms with Gasteiger partial charge < -0.3 is 10.1 Å². The zero-order valence-electron chi connectivity index (χ0n) is 18.5. The molecule has 7 nitrogen and oxygen atoms in total. The van der Waals surface area contributed by atoms with Crippen LogP contribution in [-0.2, 0) is 14.3 Å². The second kappa shape index (κ2) is 10.9. The Morgan fingerprint density at radius 3 is 2.69 bits per heavy atom. The first kappa shape index (κ1) is 23.5. The molecule has 0 aliphatic carbocycles. The molecule has 0 spiro atoms. The molecule has 0 radical (unpaired) electrons. The normalized spacial score (nSPS) is 10.8. The maximum Gasteiger partial charge on any atom is 0.305 e. The Hall–Kier alpha value is -3.13. The number of aryl methyl sites for hydroxylation is 1. The molecule has 0 atom stereocenters. The van der Waals surface area contributed by atoms with Gasteiger partial charge >= 0.3 is 5.97 Å². The highest BCUT2D eigenvalue weighted by molar-refractivity contribution is 7.99. The van der Waals surface area contributed by atoms with E-state index < -0.39 is 0 Å². The molecule has 0 aliphatic rings. The Morgan fingerprint density at radius 2 is 1.91 bits per heavy atom. The zero-order valence-corrected chi connectivity index (χ0v) is 19.3. The van der Waals surface area contributed by atoms with Crippen LogP contribution in [0.2, 0.25) is 0 Å². The van der Waals surface area contributed by atoms with Crippen LogP contribution >= 0.6 is 11.8 Å². The van der Waals surface area contributed by atoms with Gasteiger partial charge in [0.25, 0.3) is 5.56 Å². The van der Waals surface area contributed by atoms with Gasteiger partial charge in [-0.15, -0.1) is 0 Å². The molecule has 3 aromatic rings. The highest BCUT2D eigenvalue weighted by atomic mass is 32.2. The summed E-state index contributed by atoms with van der Waals surface area (Å²) in [6, 6.07) is 13.0. The van der Waals surface area contributed by atoms with E-state index in [4.69, 9.17) is 4.74 Å². The summed E-state index contributed by atoms with van der Waals surface area (Å²) in [6.45, 7) is 6.46. The highest BCUT2D eigenvalue weighted by Gasteiger charge is 2.16. The van der Waals surface area contributed by atoms with Crippen molar-refractivity contribution in [3.05, 3.63) is 63.9 Å². The van der Waals surface area contributed by atoms with Gasteiger partial charge in [-0.3, -0.25) is 19.0 Å². The van der Waals surface area contributed by atoms with Gasteiger partial charge in [0.1, 0.15) is 0 Å². The monoisotopic (exact) mass is 453 g/mol. The number of aromatic nitrogens is 2. The topological polar surface area (TPSA) is 90.3 Å². The third kappa shape index (κ3) is 5.56. The van der Waals surface area contributed by atoms with Gasteiger partial charge in [-0.25, -0.2) is 4.98 Å². The summed E-state index contributed by atoms with van der Waals surface area (Å²) in [5.74, 6) is -0.350. The molecule has 2 aromatic carbocycles. The zero-order chi connectivity index (χ0) is 23.1. The van der Waals surface area contributed by atoms with Crippen molar-refractivity contribution < 1.29 is 14.3 Å². The first-order valence-electron chi connectivity index (χ1n) is 10.6. The van der Waals surface area contributed by atoms with Crippen molar-refractivity contribution in [2.24, 2.45) is 0 Å². The maximum atomic E-state index is 13.4. The Balaban J connectivity index is 1.80. The molecule has 0 saturated carbocycles. The van der Waals surface area contributed by atoms with E-state index in [0.717, 1.165) is 16.8 Å². The molecule has 0 unspecified atom stereocenters. The van der Waals surface area contributed by atoms with Crippen LogP contribution in [-0.4, -0.2) is 40.3 Å². The summed E-state index contributed by atoms with van der Waals surface area (Å²) < 4.78 is 6.46. The van der Waals surface area contributed by atoms with E-state index in [1.54, 1.807) is 23.6 Å². The van der Waals surface area contributed by atoms with Crippen molar-refractivity contribution in [1.82, 2.24) is 14.9 Å². The summed E-state index contributed by atoms with van der Waals surface area (Å²) >= 11 is 1.21. The molecule has 0 aliphatic heterocycles. The van der Waals surface area contributed by atoms with Crippen molar-refractivity contribution in [2.45, 2.75) is 38.8 Å². The van der Waals surface area contributed by atoms with Crippen LogP contribution in [0.25, 0.3) is 16.6 Å². The van der Waals surface area contributed by atoms with Gasteiger partial charge in [-0.1, -0.05) is 36.0 Å². The van der Waals surface area contributed by atoms with Gasteiger partial charge in [-0.05, 0) is 56.5 Å². The molecule has 1 amide bonds. The van der Waals surface area contributed by atoms with E-state index in [1.807, 2.05) is 44.2 Å². The van der Waals surface area contributed by atoms with E-state index in [9.17, 15) is 14.4 Å². The number of carbonyl (C=O) groups is 2. The number of para-hydroxylation sites is 1. The van der Waals surface area contributed by atoms with Crippen LogP contribution < -0.4 is 10.9 Å². The van der Waals surface area contributed by atoms with Crippen molar-refractivity contribution in [1.29, 1.82) is 0 Å². The smallest absolute Gasteiger partial charge is 0.305 e. The standard InChI is InChI=1S/C24H27N3O4S/c1-4-31-22(29)13-8-14-25-21(28)15-32-24-26-19-11-6-5-10-18(19)23(30)27(24)20-12-7-9-16(2)17(20)3/h5-7,9-12H,4,8,13-15H2,1-3H3,(H,25,28). The Kier molecular flexibility index (Phi) is 8.05. The number of ether oxygens (including phenoxy) is 1. The van der Waals surface area contributed by atoms with Crippen molar-refractivity contribution in [3.63, 3.8) is 0 Å². The predicted molar refractivity (Wildman–Crippen MR) is 126 cm³/mol. The molecular weight excluding hydrogens is 426 g/mol. The molecule has 168 valence electrons. The molecule has 8 heteroatoms. The van der Waals surface area contributed by atoms with Gasteiger partial charge in [0, 0.05) is 13.0 Å². The fraction of sp³-hybridized carbons (Fsp3) is 0.333. The lowest BCUT2D eigenvalue weighted by Crippen LogP contribution is -2.28. The van der Waals surface area contributed by atoms with Crippen molar-refractivity contribution in [2.75, 3.05) is 18.9 Å².